The van der Waals surface area contributed by atoms with Crippen LogP contribution in [-0.4, -0.2) is 55.6 Å². The summed E-state index contributed by atoms with van der Waals surface area (Å²) in [5.41, 5.74) is 0. The van der Waals surface area contributed by atoms with E-state index in [-0.39, 0.29) is 5.91 Å². The lowest BCUT2D eigenvalue weighted by molar-refractivity contribution is -0.119. The minimum atomic E-state index is 0.0499. The zero-order chi connectivity index (χ0) is 8.97. The number of carbonyl (C=O) groups excluding carboxylic acids is 1. The number of hydrogen-bond acceptors (Lipinski definition) is 3. The van der Waals surface area contributed by atoms with Crippen molar-refractivity contribution >= 4 is 5.91 Å². The van der Waals surface area contributed by atoms with E-state index in [2.05, 4.69) is 22.2 Å². The molecule has 12 heavy (non-hydrogen) atoms. The van der Waals surface area contributed by atoms with Crippen LogP contribution in [0, 0.1) is 0 Å². The molecule has 1 fully saturated rings. The highest BCUT2D eigenvalue weighted by Gasteiger charge is 2.12. The lowest BCUT2D eigenvalue weighted by Crippen LogP contribution is -2.48. The first-order chi connectivity index (χ1) is 5.68. The Kier molecular flexibility index (Phi) is 3.49. The van der Waals surface area contributed by atoms with Gasteiger partial charge >= 0.3 is 0 Å². The lowest BCUT2D eigenvalue weighted by atomic mass is 10.3. The largest absolute Gasteiger partial charge is 0.344 e. The maximum atomic E-state index is 10.6. The molecule has 1 aliphatic heterocycles. The van der Waals surface area contributed by atoms with Crippen LogP contribution in [0.25, 0.3) is 0 Å². The number of nitrogens with one attached hydrogen (secondary N) is 1. The SMILES string of the molecule is CC(=O)NCN1CCN(C)CC1. The molecule has 0 aromatic carbocycles. The standard InChI is InChI=1S/C8H17N3O/c1-8(12)9-7-11-5-3-10(2)4-6-11/h3-7H2,1-2H3,(H,9,12). The molecule has 0 aliphatic carbocycles. The summed E-state index contributed by atoms with van der Waals surface area (Å²) in [6, 6.07) is 0. The van der Waals surface area contributed by atoms with Crippen molar-refractivity contribution in [1.82, 2.24) is 15.1 Å². The Morgan fingerprint density at radius 3 is 2.42 bits per heavy atom. The molecular weight excluding hydrogens is 154 g/mol. The van der Waals surface area contributed by atoms with Gasteiger partial charge in [0.15, 0.2) is 0 Å². The fourth-order valence-corrected chi connectivity index (χ4v) is 1.23. The molecule has 0 atom stereocenters. The van der Waals surface area contributed by atoms with Crippen LogP contribution in [0.4, 0.5) is 0 Å². The van der Waals surface area contributed by atoms with Gasteiger partial charge in [0, 0.05) is 33.1 Å². The summed E-state index contributed by atoms with van der Waals surface area (Å²) in [6.45, 7) is 6.55. The number of rotatable bonds is 2. The summed E-state index contributed by atoms with van der Waals surface area (Å²) in [5, 5.41) is 2.80. The second kappa shape index (κ2) is 4.42. The van der Waals surface area contributed by atoms with Crippen molar-refractivity contribution in [1.29, 1.82) is 0 Å². The van der Waals surface area contributed by atoms with E-state index >= 15 is 0 Å². The second-order valence-corrected chi connectivity index (χ2v) is 3.31. The van der Waals surface area contributed by atoms with Crippen molar-refractivity contribution < 1.29 is 4.79 Å². The number of amides is 1. The third kappa shape index (κ3) is 3.19. The summed E-state index contributed by atoms with van der Waals surface area (Å²) >= 11 is 0. The van der Waals surface area contributed by atoms with Gasteiger partial charge in [0.05, 0.1) is 6.67 Å². The summed E-state index contributed by atoms with van der Waals surface area (Å²) in [5.74, 6) is 0.0499. The molecule has 0 aromatic rings. The van der Waals surface area contributed by atoms with Gasteiger partial charge < -0.3 is 10.2 Å². The fourth-order valence-electron chi connectivity index (χ4n) is 1.23. The molecule has 0 saturated carbocycles. The first-order valence-electron chi connectivity index (χ1n) is 4.34. The smallest absolute Gasteiger partial charge is 0.217 e. The van der Waals surface area contributed by atoms with E-state index in [0.717, 1.165) is 26.2 Å². The van der Waals surface area contributed by atoms with Crippen LogP contribution in [-0.2, 0) is 4.79 Å². The monoisotopic (exact) mass is 171 g/mol. The van der Waals surface area contributed by atoms with Crippen LogP contribution >= 0.6 is 0 Å². The van der Waals surface area contributed by atoms with Crippen molar-refractivity contribution in [2.24, 2.45) is 0 Å². The number of piperazine rings is 1. The molecule has 4 heteroatoms. The Morgan fingerprint density at radius 2 is 1.92 bits per heavy atom. The van der Waals surface area contributed by atoms with E-state index in [1.54, 1.807) is 6.92 Å². The molecule has 4 nitrogen and oxygen atoms in total. The highest BCUT2D eigenvalue weighted by atomic mass is 16.1. The zero-order valence-electron chi connectivity index (χ0n) is 7.84. The van der Waals surface area contributed by atoms with Crippen molar-refractivity contribution in [3.63, 3.8) is 0 Å². The highest BCUT2D eigenvalue weighted by Crippen LogP contribution is 1.96. The average molecular weight is 171 g/mol. The van der Waals surface area contributed by atoms with Gasteiger partial charge in [0.25, 0.3) is 0 Å². The van der Waals surface area contributed by atoms with E-state index in [1.807, 2.05) is 0 Å². The molecule has 0 bridgehead atoms. The van der Waals surface area contributed by atoms with Gasteiger partial charge in [-0.15, -0.1) is 0 Å². The van der Waals surface area contributed by atoms with Crippen molar-refractivity contribution in [2.75, 3.05) is 39.9 Å². The molecule has 0 spiro atoms. The van der Waals surface area contributed by atoms with Crippen LogP contribution in [0.3, 0.4) is 0 Å². The van der Waals surface area contributed by atoms with Gasteiger partial charge in [0.2, 0.25) is 5.91 Å². The molecule has 1 aliphatic rings. The van der Waals surface area contributed by atoms with Gasteiger partial charge in [-0.1, -0.05) is 0 Å². The predicted octanol–water partition coefficient (Wildman–Crippen LogP) is -0.673. The summed E-state index contributed by atoms with van der Waals surface area (Å²) in [4.78, 5) is 15.1. The van der Waals surface area contributed by atoms with Crippen LogP contribution in [0.1, 0.15) is 6.92 Å². The first-order valence-corrected chi connectivity index (χ1v) is 4.34. The highest BCUT2D eigenvalue weighted by molar-refractivity contribution is 5.72. The third-order valence-electron chi connectivity index (χ3n) is 2.15. The van der Waals surface area contributed by atoms with Gasteiger partial charge in [0.1, 0.15) is 0 Å². The Hall–Kier alpha value is -0.610. The number of hydrogen-bond donors (Lipinski definition) is 1. The van der Waals surface area contributed by atoms with Crippen molar-refractivity contribution in [3.05, 3.63) is 0 Å². The number of carbonyl (C=O) groups is 1. The van der Waals surface area contributed by atoms with E-state index < -0.39 is 0 Å². The second-order valence-electron chi connectivity index (χ2n) is 3.31. The molecule has 0 radical (unpaired) electrons. The molecular formula is C8H17N3O. The van der Waals surface area contributed by atoms with Gasteiger partial charge in [-0.3, -0.25) is 9.69 Å². The van der Waals surface area contributed by atoms with Gasteiger partial charge in [-0.2, -0.15) is 0 Å². The molecule has 70 valence electrons. The predicted molar refractivity (Wildman–Crippen MR) is 47.8 cm³/mol. The normalized spacial score (nSPS) is 20.8. The Labute approximate surface area is 73.5 Å². The van der Waals surface area contributed by atoms with E-state index in [9.17, 15) is 4.79 Å². The van der Waals surface area contributed by atoms with Crippen molar-refractivity contribution in [2.45, 2.75) is 6.92 Å². The minimum absolute atomic E-state index is 0.0499. The molecule has 1 saturated heterocycles. The zero-order valence-corrected chi connectivity index (χ0v) is 7.84. The molecule has 1 amide bonds. The lowest BCUT2D eigenvalue weighted by Gasteiger charge is -2.32. The van der Waals surface area contributed by atoms with E-state index in [0.29, 0.717) is 6.67 Å². The quantitative estimate of drug-likeness (QED) is 0.598. The van der Waals surface area contributed by atoms with Crippen molar-refractivity contribution in [3.8, 4) is 0 Å². The maximum absolute atomic E-state index is 10.6. The Morgan fingerprint density at radius 1 is 1.33 bits per heavy atom. The Bertz CT molecular complexity index is 152. The maximum Gasteiger partial charge on any atom is 0.217 e. The average Bonchev–Trinajstić information content (AvgIpc) is 2.03. The summed E-state index contributed by atoms with van der Waals surface area (Å²) in [6.07, 6.45) is 0. The van der Waals surface area contributed by atoms with Crippen LogP contribution < -0.4 is 5.32 Å². The molecule has 0 unspecified atom stereocenters. The van der Waals surface area contributed by atoms with E-state index in [4.69, 9.17) is 0 Å². The minimum Gasteiger partial charge on any atom is -0.344 e. The molecule has 0 aromatic heterocycles. The van der Waals surface area contributed by atoms with Crippen LogP contribution in [0.15, 0.2) is 0 Å². The topological polar surface area (TPSA) is 35.6 Å². The van der Waals surface area contributed by atoms with Crippen LogP contribution in [0.5, 0.6) is 0 Å². The number of nitrogens with zero attached hydrogens (tertiary/aromatic N) is 2. The van der Waals surface area contributed by atoms with Crippen LogP contribution in [0.2, 0.25) is 0 Å². The third-order valence-corrected chi connectivity index (χ3v) is 2.15. The van der Waals surface area contributed by atoms with Gasteiger partial charge in [-0.25, -0.2) is 0 Å². The van der Waals surface area contributed by atoms with Gasteiger partial charge in [-0.05, 0) is 7.05 Å². The molecule has 1 heterocycles. The Balaban J connectivity index is 2.13. The summed E-state index contributed by atoms with van der Waals surface area (Å²) < 4.78 is 0. The molecule has 1 rings (SSSR count). The first kappa shape index (κ1) is 9.48. The summed E-state index contributed by atoms with van der Waals surface area (Å²) in [7, 11) is 2.12. The molecule has 1 N–H and O–H groups in total. The van der Waals surface area contributed by atoms with E-state index in [1.165, 1.54) is 0 Å². The number of likely N-dealkylation sites (N-methyl/N-ethyl adjacent to an activating group) is 1. The fraction of sp³-hybridized carbons (Fsp3) is 0.875.